The number of halogens is 2. The predicted molar refractivity (Wildman–Crippen MR) is 88.3 cm³/mol. The van der Waals surface area contributed by atoms with Crippen molar-refractivity contribution in [2.45, 2.75) is 32.4 Å². The molecule has 1 aromatic heterocycles. The minimum atomic E-state index is -0.688. The van der Waals surface area contributed by atoms with Crippen molar-refractivity contribution in [3.63, 3.8) is 0 Å². The molecule has 9 heteroatoms. The summed E-state index contributed by atoms with van der Waals surface area (Å²) in [5.74, 6) is -1.94. The molecule has 0 aliphatic carbocycles. The second kappa shape index (κ2) is 7.19. The first-order valence-corrected chi connectivity index (χ1v) is 8.29. The zero-order valence-electron chi connectivity index (χ0n) is 14.5. The van der Waals surface area contributed by atoms with Gasteiger partial charge in [-0.05, 0) is 25.8 Å². The van der Waals surface area contributed by atoms with Crippen molar-refractivity contribution in [3.8, 4) is 0 Å². The smallest absolute Gasteiger partial charge is 0.277 e. The van der Waals surface area contributed by atoms with Crippen molar-refractivity contribution in [2.24, 2.45) is 0 Å². The number of aromatic nitrogens is 3. The van der Waals surface area contributed by atoms with Gasteiger partial charge in [0.05, 0.1) is 12.2 Å². The normalized spacial score (nSPS) is 16.8. The van der Waals surface area contributed by atoms with Crippen molar-refractivity contribution in [3.05, 3.63) is 46.8 Å². The average Bonchev–Trinajstić information content (AvgIpc) is 3.24. The number of likely N-dealkylation sites (N-methyl/N-ethyl adjacent to an activating group) is 1. The highest BCUT2D eigenvalue weighted by Gasteiger charge is 2.36. The number of benzene rings is 1. The Labute approximate surface area is 149 Å². The maximum absolute atomic E-state index is 13.8. The molecule has 1 atom stereocenters. The first-order chi connectivity index (χ1) is 12.4. The topological polar surface area (TPSA) is 80.1 Å². The van der Waals surface area contributed by atoms with Crippen LogP contribution in [0.15, 0.2) is 18.2 Å². The van der Waals surface area contributed by atoms with Crippen LogP contribution in [-0.4, -0.2) is 51.3 Å². The number of carbonyl (C=O) groups excluding carboxylic acids is 2. The van der Waals surface area contributed by atoms with Gasteiger partial charge in [-0.1, -0.05) is 11.3 Å². The second-order valence-electron chi connectivity index (χ2n) is 6.19. The summed E-state index contributed by atoms with van der Waals surface area (Å²) in [6.07, 6.45) is 1.33. The van der Waals surface area contributed by atoms with Crippen molar-refractivity contribution in [1.29, 1.82) is 0 Å². The molecular weight excluding hydrogens is 344 g/mol. The fraction of sp³-hybridized carbons (Fsp3) is 0.412. The minimum absolute atomic E-state index is 0.0249. The van der Waals surface area contributed by atoms with E-state index in [-0.39, 0.29) is 29.6 Å². The van der Waals surface area contributed by atoms with Crippen LogP contribution in [0.2, 0.25) is 0 Å². The number of likely N-dealkylation sites (tertiary alicyclic amines) is 1. The van der Waals surface area contributed by atoms with Gasteiger partial charge in [0.1, 0.15) is 17.7 Å². The van der Waals surface area contributed by atoms with Crippen molar-refractivity contribution in [2.75, 3.05) is 13.6 Å². The van der Waals surface area contributed by atoms with E-state index in [2.05, 4.69) is 15.6 Å². The molecule has 1 N–H and O–H groups in total. The number of amides is 2. The molecule has 1 aromatic carbocycles. The molecule has 0 unspecified atom stereocenters. The molecule has 0 saturated carbocycles. The summed E-state index contributed by atoms with van der Waals surface area (Å²) in [5.41, 5.74) is 0.826. The Kier molecular flexibility index (Phi) is 4.97. The number of hydrogen-bond acceptors (Lipinski definition) is 4. The fourth-order valence-corrected chi connectivity index (χ4v) is 3.10. The van der Waals surface area contributed by atoms with E-state index in [0.717, 1.165) is 18.6 Å². The van der Waals surface area contributed by atoms with Crippen LogP contribution >= 0.6 is 0 Å². The van der Waals surface area contributed by atoms with Crippen LogP contribution < -0.4 is 5.32 Å². The number of carbonyl (C=O) groups is 2. The molecular formula is C17H19F2N5O2. The molecule has 3 rings (SSSR count). The average molecular weight is 363 g/mol. The highest BCUT2D eigenvalue weighted by atomic mass is 19.1. The highest BCUT2D eigenvalue weighted by Crippen LogP contribution is 2.21. The molecule has 0 radical (unpaired) electrons. The summed E-state index contributed by atoms with van der Waals surface area (Å²) in [6.45, 7) is 2.15. The van der Waals surface area contributed by atoms with Crippen LogP contribution in [0, 0.1) is 18.6 Å². The monoisotopic (exact) mass is 363 g/mol. The first-order valence-electron chi connectivity index (χ1n) is 8.29. The number of nitrogens with zero attached hydrogens (tertiary/aromatic N) is 4. The van der Waals surface area contributed by atoms with Crippen LogP contribution in [0.3, 0.4) is 0 Å². The number of rotatable bonds is 4. The van der Waals surface area contributed by atoms with Crippen molar-refractivity contribution < 1.29 is 18.4 Å². The lowest BCUT2D eigenvalue weighted by Gasteiger charge is -2.22. The predicted octanol–water partition coefficient (Wildman–Crippen LogP) is 1.26. The van der Waals surface area contributed by atoms with E-state index in [1.54, 1.807) is 6.92 Å². The van der Waals surface area contributed by atoms with Crippen LogP contribution in [0.4, 0.5) is 8.78 Å². The largest absolute Gasteiger partial charge is 0.357 e. The Morgan fingerprint density at radius 1 is 1.35 bits per heavy atom. The van der Waals surface area contributed by atoms with Gasteiger partial charge >= 0.3 is 0 Å². The molecule has 0 bridgehead atoms. The van der Waals surface area contributed by atoms with E-state index in [1.807, 2.05) is 0 Å². The zero-order chi connectivity index (χ0) is 18.8. The summed E-state index contributed by atoms with van der Waals surface area (Å²) in [7, 11) is 1.53. The van der Waals surface area contributed by atoms with E-state index < -0.39 is 17.7 Å². The minimum Gasteiger partial charge on any atom is -0.357 e. The van der Waals surface area contributed by atoms with Crippen molar-refractivity contribution >= 4 is 11.8 Å². The molecule has 1 saturated heterocycles. The van der Waals surface area contributed by atoms with Gasteiger partial charge in [-0.15, -0.1) is 5.10 Å². The summed E-state index contributed by atoms with van der Waals surface area (Å²) >= 11 is 0. The zero-order valence-corrected chi connectivity index (χ0v) is 14.5. The number of hydrogen-bond donors (Lipinski definition) is 1. The molecule has 2 amide bonds. The molecule has 26 heavy (non-hydrogen) atoms. The maximum atomic E-state index is 13.8. The summed E-state index contributed by atoms with van der Waals surface area (Å²) in [6, 6.07) is 2.77. The van der Waals surface area contributed by atoms with Gasteiger partial charge in [0.25, 0.3) is 5.91 Å². The lowest BCUT2D eigenvalue weighted by atomic mass is 10.2. The van der Waals surface area contributed by atoms with E-state index in [1.165, 1.54) is 22.7 Å². The van der Waals surface area contributed by atoms with Gasteiger partial charge in [-0.2, -0.15) is 0 Å². The van der Waals surface area contributed by atoms with Gasteiger partial charge in [-0.3, -0.25) is 9.59 Å². The lowest BCUT2D eigenvalue weighted by molar-refractivity contribution is -0.124. The second-order valence-corrected chi connectivity index (χ2v) is 6.19. The number of nitrogens with one attached hydrogen (secondary N) is 1. The standard InChI is InChI=1S/C17H19F2N5O2/c1-10-15(17(26)23-7-3-4-14(23)16(25)20-2)21-22-24(10)9-11-5-6-12(18)8-13(11)19/h5-6,8,14H,3-4,7,9H2,1-2H3,(H,20,25)/t14-/m0/s1. The molecule has 2 heterocycles. The fourth-order valence-electron chi connectivity index (χ4n) is 3.10. The Morgan fingerprint density at radius 2 is 2.12 bits per heavy atom. The van der Waals surface area contributed by atoms with E-state index >= 15 is 0 Å². The highest BCUT2D eigenvalue weighted by molar-refractivity contribution is 5.97. The van der Waals surface area contributed by atoms with Crippen LogP contribution in [0.1, 0.15) is 34.6 Å². The maximum Gasteiger partial charge on any atom is 0.277 e. The summed E-state index contributed by atoms with van der Waals surface area (Å²) < 4.78 is 28.2. The van der Waals surface area contributed by atoms with Crippen LogP contribution in [0.25, 0.3) is 0 Å². The molecule has 0 spiro atoms. The Hall–Kier alpha value is -2.84. The molecule has 7 nitrogen and oxygen atoms in total. The van der Waals surface area contributed by atoms with Gasteiger partial charge in [-0.25, -0.2) is 13.5 Å². The van der Waals surface area contributed by atoms with Gasteiger partial charge in [0.2, 0.25) is 5.91 Å². The Bertz CT molecular complexity index is 852. The third-order valence-electron chi connectivity index (χ3n) is 4.58. The molecule has 1 fully saturated rings. The molecule has 1 aliphatic heterocycles. The van der Waals surface area contributed by atoms with Crippen LogP contribution in [-0.2, 0) is 11.3 Å². The van der Waals surface area contributed by atoms with Gasteiger partial charge in [0, 0.05) is 25.2 Å². The van der Waals surface area contributed by atoms with Gasteiger partial charge in [0.15, 0.2) is 5.69 Å². The van der Waals surface area contributed by atoms with E-state index in [9.17, 15) is 18.4 Å². The third kappa shape index (κ3) is 3.29. The van der Waals surface area contributed by atoms with E-state index in [0.29, 0.717) is 18.7 Å². The Morgan fingerprint density at radius 3 is 2.81 bits per heavy atom. The van der Waals surface area contributed by atoms with E-state index in [4.69, 9.17) is 0 Å². The molecule has 138 valence electrons. The first kappa shape index (κ1) is 18.0. The lowest BCUT2D eigenvalue weighted by Crippen LogP contribution is -2.45. The third-order valence-corrected chi connectivity index (χ3v) is 4.58. The van der Waals surface area contributed by atoms with Gasteiger partial charge < -0.3 is 10.2 Å². The molecule has 2 aromatic rings. The quantitative estimate of drug-likeness (QED) is 0.887. The van der Waals surface area contributed by atoms with Crippen molar-refractivity contribution in [1.82, 2.24) is 25.2 Å². The Balaban J connectivity index is 1.82. The summed E-state index contributed by atoms with van der Waals surface area (Å²) in [5, 5.41) is 10.4. The summed E-state index contributed by atoms with van der Waals surface area (Å²) in [4.78, 5) is 26.2. The molecule has 1 aliphatic rings. The SMILES string of the molecule is CNC(=O)[C@@H]1CCCN1C(=O)c1nnn(Cc2ccc(F)cc2F)c1C. The van der Waals surface area contributed by atoms with Crippen LogP contribution in [0.5, 0.6) is 0 Å².